The third kappa shape index (κ3) is 7.08. The molecule has 0 aliphatic rings. The summed E-state index contributed by atoms with van der Waals surface area (Å²) in [5.74, 6) is 1.84. The van der Waals surface area contributed by atoms with Crippen molar-refractivity contribution >= 4 is 40.3 Å². The third-order valence-electron chi connectivity index (χ3n) is 2.13. The van der Waals surface area contributed by atoms with Crippen LogP contribution in [0.25, 0.3) is 0 Å². The number of anilines is 1. The summed E-state index contributed by atoms with van der Waals surface area (Å²) in [5, 5.41) is 12.3. The van der Waals surface area contributed by atoms with Crippen molar-refractivity contribution in [1.82, 2.24) is 14.3 Å². The van der Waals surface area contributed by atoms with Crippen LogP contribution in [-0.4, -0.2) is 56.6 Å². The first-order valence-corrected chi connectivity index (χ1v) is 7.95. The number of carbonyl (C=O) groups excluding carboxylic acids is 1. The molecule has 21 heavy (non-hydrogen) atoms. The first kappa shape index (κ1) is 17.4. The zero-order valence-electron chi connectivity index (χ0n) is 11.5. The van der Waals surface area contributed by atoms with Gasteiger partial charge in [0, 0.05) is 17.3 Å². The molecule has 1 rings (SSSR count). The van der Waals surface area contributed by atoms with Gasteiger partial charge in [-0.05, 0) is 6.42 Å². The Labute approximate surface area is 131 Å². The quantitative estimate of drug-likeness (QED) is 0.516. The average Bonchev–Trinajstić information content (AvgIpc) is 2.83. The molecule has 2 N–H and O–H groups in total. The zero-order chi connectivity index (χ0) is 15.7. The number of carbonyl (C=O) groups is 2. The molecule has 0 fully saturated rings. The van der Waals surface area contributed by atoms with Crippen molar-refractivity contribution in [3.63, 3.8) is 0 Å². The summed E-state index contributed by atoms with van der Waals surface area (Å²) in [6.07, 6.45) is 6.16. The molecule has 9 heteroatoms. The fourth-order valence-corrected chi connectivity index (χ4v) is 2.78. The molecule has 0 unspecified atom stereocenters. The van der Waals surface area contributed by atoms with Crippen molar-refractivity contribution in [2.24, 2.45) is 0 Å². The second kappa shape index (κ2) is 9.33. The number of hydrogen-bond donors (Lipinski definition) is 2. The molecule has 0 aliphatic heterocycles. The van der Waals surface area contributed by atoms with E-state index in [1.54, 1.807) is 0 Å². The number of carboxylic acid groups (broad SMARTS) is 1. The van der Waals surface area contributed by atoms with Gasteiger partial charge >= 0.3 is 5.97 Å². The van der Waals surface area contributed by atoms with Gasteiger partial charge in [0.05, 0.1) is 19.6 Å². The molecule has 0 aromatic carbocycles. The average molecular weight is 328 g/mol. The van der Waals surface area contributed by atoms with E-state index in [0.717, 1.165) is 23.7 Å². The molecular weight excluding hydrogens is 312 g/mol. The number of thioether (sulfide) groups is 1. The van der Waals surface area contributed by atoms with Crippen molar-refractivity contribution in [2.45, 2.75) is 18.5 Å². The number of rotatable bonds is 9. The summed E-state index contributed by atoms with van der Waals surface area (Å²) in [6, 6.07) is 0. The van der Waals surface area contributed by atoms with Crippen LogP contribution in [0.2, 0.25) is 0 Å². The molecular formula is C12H16N4O3S2. The van der Waals surface area contributed by atoms with Gasteiger partial charge in [-0.15, -0.1) is 6.42 Å². The summed E-state index contributed by atoms with van der Waals surface area (Å²) in [4.78, 5) is 28.0. The van der Waals surface area contributed by atoms with Crippen LogP contribution >= 0.6 is 23.3 Å². The van der Waals surface area contributed by atoms with Gasteiger partial charge in [0.15, 0.2) is 0 Å². The standard InChI is InChI=1S/C12H16N4O3S2/c1-3-5-16(8-10(18)19)7-9(17)13-11-14-12(15-21-11)20-6-4-2/h1H,4-8H2,2H3,(H,18,19)(H,13,14,15,17). The molecule has 1 aromatic rings. The van der Waals surface area contributed by atoms with Gasteiger partial charge in [-0.1, -0.05) is 24.6 Å². The molecule has 0 atom stereocenters. The van der Waals surface area contributed by atoms with Gasteiger partial charge in [-0.2, -0.15) is 9.36 Å². The van der Waals surface area contributed by atoms with Crippen molar-refractivity contribution in [3.8, 4) is 12.3 Å². The zero-order valence-corrected chi connectivity index (χ0v) is 13.2. The highest BCUT2D eigenvalue weighted by Gasteiger charge is 2.14. The summed E-state index contributed by atoms with van der Waals surface area (Å²) in [5.41, 5.74) is 0. The number of nitrogens with one attached hydrogen (secondary N) is 1. The highest BCUT2D eigenvalue weighted by atomic mass is 32.2. The molecule has 1 heterocycles. The molecule has 0 saturated heterocycles. The normalized spacial score (nSPS) is 10.3. The Kier molecular flexibility index (Phi) is 7.74. The Hall–Kier alpha value is -1.63. The molecule has 1 aromatic heterocycles. The van der Waals surface area contributed by atoms with Crippen molar-refractivity contribution < 1.29 is 14.7 Å². The fourth-order valence-electron chi connectivity index (χ4n) is 1.36. The van der Waals surface area contributed by atoms with Crippen LogP contribution in [0.15, 0.2) is 5.16 Å². The summed E-state index contributed by atoms with van der Waals surface area (Å²) < 4.78 is 4.11. The van der Waals surface area contributed by atoms with Gasteiger partial charge < -0.3 is 5.11 Å². The van der Waals surface area contributed by atoms with Gasteiger partial charge in [-0.25, -0.2) is 0 Å². The highest BCUT2D eigenvalue weighted by Crippen LogP contribution is 2.20. The van der Waals surface area contributed by atoms with E-state index in [9.17, 15) is 9.59 Å². The Bertz CT molecular complexity index is 527. The lowest BCUT2D eigenvalue weighted by atomic mass is 10.4. The van der Waals surface area contributed by atoms with E-state index in [2.05, 4.69) is 27.5 Å². The summed E-state index contributed by atoms with van der Waals surface area (Å²) >= 11 is 2.61. The van der Waals surface area contributed by atoms with Crippen LogP contribution in [0.1, 0.15) is 13.3 Å². The molecule has 0 aliphatic carbocycles. The maximum atomic E-state index is 11.8. The van der Waals surface area contributed by atoms with Gasteiger partial charge in [-0.3, -0.25) is 19.8 Å². The fraction of sp³-hybridized carbons (Fsp3) is 0.500. The summed E-state index contributed by atoms with van der Waals surface area (Å²) in [6.45, 7) is 1.76. The molecule has 0 bridgehead atoms. The Balaban J connectivity index is 2.49. The van der Waals surface area contributed by atoms with E-state index in [1.165, 1.54) is 16.7 Å². The summed E-state index contributed by atoms with van der Waals surface area (Å²) in [7, 11) is 0. The van der Waals surface area contributed by atoms with E-state index in [4.69, 9.17) is 11.5 Å². The molecule has 114 valence electrons. The van der Waals surface area contributed by atoms with Gasteiger partial charge in [0.1, 0.15) is 0 Å². The smallest absolute Gasteiger partial charge is 0.317 e. The SMILES string of the molecule is C#CCN(CC(=O)O)CC(=O)Nc1nc(SCCC)ns1. The predicted octanol–water partition coefficient (Wildman–Crippen LogP) is 0.998. The number of nitrogens with zero attached hydrogens (tertiary/aromatic N) is 3. The van der Waals surface area contributed by atoms with Crippen LogP contribution < -0.4 is 5.32 Å². The topological polar surface area (TPSA) is 95.4 Å². The minimum Gasteiger partial charge on any atom is -0.480 e. The second-order valence-electron chi connectivity index (χ2n) is 4.02. The third-order valence-corrected chi connectivity index (χ3v) is 3.93. The lowest BCUT2D eigenvalue weighted by molar-refractivity contribution is -0.138. The lowest BCUT2D eigenvalue weighted by Gasteiger charge is -2.15. The van der Waals surface area contributed by atoms with Crippen LogP contribution in [0.4, 0.5) is 5.13 Å². The molecule has 7 nitrogen and oxygen atoms in total. The van der Waals surface area contributed by atoms with Gasteiger partial charge in [0.2, 0.25) is 16.2 Å². The Morgan fingerprint density at radius 2 is 2.29 bits per heavy atom. The number of amides is 1. The Morgan fingerprint density at radius 3 is 2.90 bits per heavy atom. The van der Waals surface area contributed by atoms with Crippen molar-refractivity contribution in [2.75, 3.05) is 30.7 Å². The monoisotopic (exact) mass is 328 g/mol. The maximum absolute atomic E-state index is 11.8. The molecule has 0 spiro atoms. The van der Waals surface area contributed by atoms with E-state index < -0.39 is 5.97 Å². The van der Waals surface area contributed by atoms with E-state index in [1.807, 2.05) is 0 Å². The molecule has 1 amide bonds. The van der Waals surface area contributed by atoms with Gasteiger partial charge in [0.25, 0.3) is 0 Å². The Morgan fingerprint density at radius 1 is 1.52 bits per heavy atom. The second-order valence-corrected chi connectivity index (χ2v) is 5.84. The largest absolute Gasteiger partial charge is 0.480 e. The van der Waals surface area contributed by atoms with Crippen LogP contribution in [0.3, 0.4) is 0 Å². The molecule has 0 saturated carbocycles. The number of terminal acetylenes is 1. The minimum absolute atomic E-state index is 0.0907. The lowest BCUT2D eigenvalue weighted by Crippen LogP contribution is -2.37. The highest BCUT2D eigenvalue weighted by molar-refractivity contribution is 7.99. The predicted molar refractivity (Wildman–Crippen MR) is 82.5 cm³/mol. The first-order chi connectivity index (χ1) is 10.0. The first-order valence-electron chi connectivity index (χ1n) is 6.19. The van der Waals surface area contributed by atoms with E-state index in [-0.39, 0.29) is 25.5 Å². The number of carboxylic acids is 1. The van der Waals surface area contributed by atoms with Crippen molar-refractivity contribution in [1.29, 1.82) is 0 Å². The maximum Gasteiger partial charge on any atom is 0.317 e. The molecule has 0 radical (unpaired) electrons. The van der Waals surface area contributed by atoms with E-state index >= 15 is 0 Å². The number of aromatic nitrogens is 2. The van der Waals surface area contributed by atoms with Crippen molar-refractivity contribution in [3.05, 3.63) is 0 Å². The number of hydrogen-bond acceptors (Lipinski definition) is 7. The van der Waals surface area contributed by atoms with E-state index in [0.29, 0.717) is 10.3 Å². The van der Waals surface area contributed by atoms with Crippen LogP contribution in [0.5, 0.6) is 0 Å². The van der Waals surface area contributed by atoms with Crippen LogP contribution in [-0.2, 0) is 9.59 Å². The number of aliphatic carboxylic acids is 1. The minimum atomic E-state index is -1.03. The van der Waals surface area contributed by atoms with Crippen LogP contribution in [0, 0.1) is 12.3 Å².